The molecule has 0 unspecified atom stereocenters. The molecule has 8 heteroatoms. The molecule has 1 aliphatic rings. The smallest absolute Gasteiger partial charge is 0.271 e. The molecular weight excluding hydrogens is 424 g/mol. The lowest BCUT2D eigenvalue weighted by molar-refractivity contribution is 0.0928. The zero-order valence-corrected chi connectivity index (χ0v) is 16.7. The van der Waals surface area contributed by atoms with Crippen LogP contribution in [-0.4, -0.2) is 20.4 Å². The van der Waals surface area contributed by atoms with Crippen LogP contribution >= 0.6 is 27.3 Å². The molecule has 0 bridgehead atoms. The molecule has 1 saturated carbocycles. The molecule has 1 aromatic carbocycles. The van der Waals surface area contributed by atoms with Crippen LogP contribution in [0.25, 0.3) is 0 Å². The van der Waals surface area contributed by atoms with E-state index in [0.717, 1.165) is 40.8 Å². The second-order valence-electron chi connectivity index (χ2n) is 6.02. The molecule has 3 rings (SSSR count). The highest BCUT2D eigenvalue weighted by molar-refractivity contribution is 9.11. The van der Waals surface area contributed by atoms with Crippen LogP contribution in [0.4, 0.5) is 5.69 Å². The number of carbonyl (C=O) groups excluding carboxylic acids is 1. The molecule has 0 spiro atoms. The second-order valence-corrected chi connectivity index (χ2v) is 10.4. The van der Waals surface area contributed by atoms with Crippen LogP contribution in [0.3, 0.4) is 0 Å². The average molecular weight is 443 g/mol. The van der Waals surface area contributed by atoms with E-state index in [0.29, 0.717) is 11.3 Å². The first-order chi connectivity index (χ1) is 12.0. The SMILES string of the molecule is O=C(NC1CCCCC1)c1ccccc1NS(=O)(=O)c1ccc(Br)s1. The van der Waals surface area contributed by atoms with Crippen LogP contribution in [0.5, 0.6) is 0 Å². The van der Waals surface area contributed by atoms with Crippen LogP contribution in [0.15, 0.2) is 44.4 Å². The standard InChI is InChI=1S/C17H19BrN2O3S2/c18-15-10-11-16(24-15)25(22,23)20-14-9-5-4-8-13(14)17(21)19-12-6-2-1-3-7-12/h4-5,8-12,20H,1-3,6-7H2,(H,19,21). The molecule has 1 aliphatic carbocycles. The van der Waals surface area contributed by atoms with Crippen molar-refractivity contribution in [3.8, 4) is 0 Å². The second kappa shape index (κ2) is 7.88. The third kappa shape index (κ3) is 4.62. The Balaban J connectivity index is 1.79. The highest BCUT2D eigenvalue weighted by Crippen LogP contribution is 2.28. The number of para-hydroxylation sites is 1. The highest BCUT2D eigenvalue weighted by Gasteiger charge is 2.22. The van der Waals surface area contributed by atoms with Gasteiger partial charge in [0.15, 0.2) is 0 Å². The van der Waals surface area contributed by atoms with Gasteiger partial charge in [0.05, 0.1) is 15.0 Å². The number of hydrogen-bond donors (Lipinski definition) is 2. The van der Waals surface area contributed by atoms with E-state index in [-0.39, 0.29) is 16.2 Å². The lowest BCUT2D eigenvalue weighted by atomic mass is 9.95. The maximum Gasteiger partial charge on any atom is 0.271 e. The number of hydrogen-bond acceptors (Lipinski definition) is 4. The number of carbonyl (C=O) groups is 1. The van der Waals surface area contributed by atoms with Crippen molar-refractivity contribution in [1.82, 2.24) is 5.32 Å². The Labute approximate surface area is 160 Å². The Kier molecular flexibility index (Phi) is 5.81. The van der Waals surface area contributed by atoms with E-state index in [9.17, 15) is 13.2 Å². The van der Waals surface area contributed by atoms with Gasteiger partial charge in [0.25, 0.3) is 15.9 Å². The van der Waals surface area contributed by atoms with Gasteiger partial charge in [-0.05, 0) is 53.0 Å². The third-order valence-corrected chi connectivity index (χ3v) is 7.65. The minimum atomic E-state index is -3.72. The van der Waals surface area contributed by atoms with Gasteiger partial charge in [0.2, 0.25) is 0 Å². The fraction of sp³-hybridized carbons (Fsp3) is 0.353. The summed E-state index contributed by atoms with van der Waals surface area (Å²) in [5.41, 5.74) is 0.632. The molecule has 1 heterocycles. The molecule has 5 nitrogen and oxygen atoms in total. The van der Waals surface area contributed by atoms with Gasteiger partial charge >= 0.3 is 0 Å². The van der Waals surface area contributed by atoms with Crippen LogP contribution in [-0.2, 0) is 10.0 Å². The first-order valence-corrected chi connectivity index (χ1v) is 11.2. The molecule has 2 aromatic rings. The van der Waals surface area contributed by atoms with Gasteiger partial charge in [-0.2, -0.15) is 0 Å². The van der Waals surface area contributed by atoms with Crippen LogP contribution in [0.1, 0.15) is 42.5 Å². The molecule has 1 fully saturated rings. The molecular formula is C17H19BrN2O3S2. The summed E-state index contributed by atoms with van der Waals surface area (Å²) in [6.45, 7) is 0. The molecule has 1 aromatic heterocycles. The number of nitrogens with one attached hydrogen (secondary N) is 2. The quantitative estimate of drug-likeness (QED) is 0.721. The van der Waals surface area contributed by atoms with E-state index in [4.69, 9.17) is 0 Å². The zero-order chi connectivity index (χ0) is 17.9. The number of rotatable bonds is 5. The van der Waals surface area contributed by atoms with Gasteiger partial charge in [0, 0.05) is 6.04 Å². The monoisotopic (exact) mass is 442 g/mol. The molecule has 0 atom stereocenters. The Bertz CT molecular complexity index is 858. The predicted molar refractivity (Wildman–Crippen MR) is 104 cm³/mol. The number of thiophene rings is 1. The molecule has 25 heavy (non-hydrogen) atoms. The topological polar surface area (TPSA) is 75.3 Å². The van der Waals surface area contributed by atoms with E-state index < -0.39 is 10.0 Å². The van der Waals surface area contributed by atoms with Crippen molar-refractivity contribution >= 4 is 48.9 Å². The fourth-order valence-electron chi connectivity index (χ4n) is 2.92. The van der Waals surface area contributed by atoms with Crippen molar-refractivity contribution in [3.05, 3.63) is 45.7 Å². The van der Waals surface area contributed by atoms with Crippen molar-refractivity contribution in [1.29, 1.82) is 0 Å². The van der Waals surface area contributed by atoms with Gasteiger partial charge in [-0.15, -0.1) is 11.3 Å². The van der Waals surface area contributed by atoms with Gasteiger partial charge in [-0.3, -0.25) is 9.52 Å². The summed E-state index contributed by atoms with van der Waals surface area (Å²) in [7, 11) is -3.72. The molecule has 0 radical (unpaired) electrons. The summed E-state index contributed by atoms with van der Waals surface area (Å²) in [4.78, 5) is 12.6. The fourth-order valence-corrected chi connectivity index (χ4v) is 6.01. The number of benzene rings is 1. The molecule has 0 aliphatic heterocycles. The minimum Gasteiger partial charge on any atom is -0.349 e. The molecule has 1 amide bonds. The van der Waals surface area contributed by atoms with Gasteiger partial charge in [-0.25, -0.2) is 8.42 Å². The summed E-state index contributed by atoms with van der Waals surface area (Å²) >= 11 is 4.39. The largest absolute Gasteiger partial charge is 0.349 e. The Morgan fingerprint density at radius 3 is 2.48 bits per heavy atom. The van der Waals surface area contributed by atoms with E-state index in [1.807, 2.05) is 0 Å². The summed E-state index contributed by atoms with van der Waals surface area (Å²) in [5.74, 6) is -0.238. The van der Waals surface area contributed by atoms with Crippen LogP contribution in [0.2, 0.25) is 0 Å². The molecule has 134 valence electrons. The Morgan fingerprint density at radius 1 is 1.08 bits per heavy atom. The van der Waals surface area contributed by atoms with Crippen molar-refractivity contribution in [2.24, 2.45) is 0 Å². The van der Waals surface area contributed by atoms with Gasteiger partial charge in [0.1, 0.15) is 4.21 Å². The van der Waals surface area contributed by atoms with E-state index >= 15 is 0 Å². The normalized spacial score (nSPS) is 15.7. The number of sulfonamides is 1. The summed E-state index contributed by atoms with van der Waals surface area (Å²) < 4.78 is 28.5. The van der Waals surface area contributed by atoms with Crippen molar-refractivity contribution in [3.63, 3.8) is 0 Å². The lowest BCUT2D eigenvalue weighted by Gasteiger charge is -2.23. The van der Waals surface area contributed by atoms with Gasteiger partial charge in [-0.1, -0.05) is 31.4 Å². The Morgan fingerprint density at radius 2 is 1.80 bits per heavy atom. The first-order valence-electron chi connectivity index (χ1n) is 8.14. The van der Waals surface area contributed by atoms with Crippen LogP contribution in [0, 0.1) is 0 Å². The van der Waals surface area contributed by atoms with E-state index in [1.54, 1.807) is 30.3 Å². The predicted octanol–water partition coefficient (Wildman–Crippen LogP) is 4.37. The summed E-state index contributed by atoms with van der Waals surface area (Å²) in [6.07, 6.45) is 5.39. The average Bonchev–Trinajstić information content (AvgIpc) is 3.03. The number of halogens is 1. The van der Waals surface area contributed by atoms with Crippen molar-refractivity contribution in [2.75, 3.05) is 4.72 Å². The lowest BCUT2D eigenvalue weighted by Crippen LogP contribution is -2.36. The van der Waals surface area contributed by atoms with Crippen molar-refractivity contribution < 1.29 is 13.2 Å². The Hall–Kier alpha value is -1.38. The van der Waals surface area contributed by atoms with Crippen molar-refractivity contribution in [2.45, 2.75) is 42.4 Å². The summed E-state index contributed by atoms with van der Waals surface area (Å²) in [5, 5.41) is 3.03. The first kappa shape index (κ1) is 18.4. The maximum atomic E-state index is 12.6. The zero-order valence-electron chi connectivity index (χ0n) is 13.5. The number of anilines is 1. The van der Waals surface area contributed by atoms with E-state index in [2.05, 4.69) is 26.0 Å². The van der Waals surface area contributed by atoms with Gasteiger partial charge < -0.3 is 5.32 Å². The highest BCUT2D eigenvalue weighted by atomic mass is 79.9. The van der Waals surface area contributed by atoms with Crippen LogP contribution < -0.4 is 10.0 Å². The molecule has 0 saturated heterocycles. The molecule has 2 N–H and O–H groups in total. The maximum absolute atomic E-state index is 12.6. The summed E-state index contributed by atoms with van der Waals surface area (Å²) in [6, 6.07) is 10.1. The number of amides is 1. The minimum absolute atomic E-state index is 0.166. The van der Waals surface area contributed by atoms with E-state index in [1.165, 1.54) is 12.5 Å². The third-order valence-electron chi connectivity index (χ3n) is 4.17.